The lowest BCUT2D eigenvalue weighted by Gasteiger charge is -2.24. The number of carbonyl (C=O) groups excluding carboxylic acids is 1. The van der Waals surface area contributed by atoms with Crippen molar-refractivity contribution in [3.8, 4) is 11.5 Å². The monoisotopic (exact) mass is 348 g/mol. The molecule has 3 rings (SSSR count). The summed E-state index contributed by atoms with van der Waals surface area (Å²) in [5, 5.41) is 2.31. The first-order valence-corrected chi connectivity index (χ1v) is 7.79. The Kier molecular flexibility index (Phi) is 4.85. The molecule has 25 heavy (non-hydrogen) atoms. The van der Waals surface area contributed by atoms with Crippen LogP contribution in [-0.4, -0.2) is 30.7 Å². The largest absolute Gasteiger partial charge is 0.454 e. The first-order chi connectivity index (χ1) is 12.0. The predicted molar refractivity (Wildman–Crippen MR) is 88.5 cm³/mol. The lowest BCUT2D eigenvalue weighted by atomic mass is 10.1. The van der Waals surface area contributed by atoms with E-state index in [0.29, 0.717) is 18.0 Å². The van der Waals surface area contributed by atoms with Gasteiger partial charge in [-0.2, -0.15) is 0 Å². The van der Waals surface area contributed by atoms with Gasteiger partial charge in [-0.25, -0.2) is 8.78 Å². The van der Waals surface area contributed by atoms with Crippen LogP contribution in [0, 0.1) is 11.6 Å². The molecule has 0 radical (unpaired) electrons. The van der Waals surface area contributed by atoms with E-state index in [9.17, 15) is 13.6 Å². The van der Waals surface area contributed by atoms with Crippen LogP contribution >= 0.6 is 0 Å². The smallest absolute Gasteiger partial charge is 0.241 e. The van der Waals surface area contributed by atoms with E-state index >= 15 is 0 Å². The summed E-state index contributed by atoms with van der Waals surface area (Å²) >= 11 is 0. The zero-order valence-corrected chi connectivity index (χ0v) is 13.9. The maximum Gasteiger partial charge on any atom is 0.241 e. The molecule has 1 aliphatic heterocycles. The maximum atomic E-state index is 13.7. The average Bonchev–Trinajstić information content (AvgIpc) is 3.05. The Balaban J connectivity index is 1.65. The topological polar surface area (TPSA) is 50.8 Å². The van der Waals surface area contributed by atoms with E-state index < -0.39 is 29.3 Å². The van der Waals surface area contributed by atoms with Crippen molar-refractivity contribution < 1.29 is 23.0 Å². The quantitative estimate of drug-likeness (QED) is 0.902. The molecule has 1 heterocycles. The second-order valence-corrected chi connectivity index (χ2v) is 5.86. The minimum absolute atomic E-state index is 0.196. The number of anilines is 1. The molecule has 0 saturated carbocycles. The number of likely N-dealkylation sites (N-methyl/N-ethyl adjacent to an activating group) is 1. The number of nitrogens with zero attached hydrogens (tertiary/aromatic N) is 1. The third-order valence-electron chi connectivity index (χ3n) is 4.12. The van der Waals surface area contributed by atoms with Crippen LogP contribution in [0.5, 0.6) is 11.5 Å². The molecule has 0 aromatic heterocycles. The molecular weight excluding hydrogens is 330 g/mol. The molecule has 1 aliphatic rings. The summed E-state index contributed by atoms with van der Waals surface area (Å²) in [5.41, 5.74) is 0.499. The number of halogens is 2. The van der Waals surface area contributed by atoms with Crippen LogP contribution < -0.4 is 14.8 Å². The van der Waals surface area contributed by atoms with E-state index in [0.717, 1.165) is 17.7 Å². The van der Waals surface area contributed by atoms with Gasteiger partial charge in [0.15, 0.2) is 11.5 Å². The number of para-hydroxylation sites is 1. The SMILES string of the molecule is CC(C(=O)Nc1c(F)cccc1F)N(C)Cc1ccc2c(c1)OCO2. The van der Waals surface area contributed by atoms with Crippen molar-refractivity contribution in [2.24, 2.45) is 0 Å². The average molecular weight is 348 g/mol. The predicted octanol–water partition coefficient (Wildman–Crippen LogP) is 3.15. The summed E-state index contributed by atoms with van der Waals surface area (Å²) in [6.07, 6.45) is 0. The van der Waals surface area contributed by atoms with Gasteiger partial charge in [-0.15, -0.1) is 0 Å². The summed E-state index contributed by atoms with van der Waals surface area (Å²) in [4.78, 5) is 14.1. The van der Waals surface area contributed by atoms with Crippen molar-refractivity contribution in [1.29, 1.82) is 0 Å². The normalized spacial score (nSPS) is 13.8. The van der Waals surface area contributed by atoms with Crippen molar-refractivity contribution in [1.82, 2.24) is 4.90 Å². The highest BCUT2D eigenvalue weighted by Gasteiger charge is 2.22. The first kappa shape index (κ1) is 17.2. The second-order valence-electron chi connectivity index (χ2n) is 5.86. The van der Waals surface area contributed by atoms with Crippen LogP contribution in [0.1, 0.15) is 12.5 Å². The number of hydrogen-bond acceptors (Lipinski definition) is 4. The van der Waals surface area contributed by atoms with Crippen molar-refractivity contribution in [3.63, 3.8) is 0 Å². The number of benzene rings is 2. The van der Waals surface area contributed by atoms with Gasteiger partial charge in [0, 0.05) is 6.54 Å². The molecule has 1 amide bonds. The molecule has 0 fully saturated rings. The molecule has 0 bridgehead atoms. The van der Waals surface area contributed by atoms with Crippen LogP contribution in [0.25, 0.3) is 0 Å². The second kappa shape index (κ2) is 7.06. The fraction of sp³-hybridized carbons (Fsp3) is 0.278. The van der Waals surface area contributed by atoms with Gasteiger partial charge in [0.05, 0.1) is 6.04 Å². The number of fused-ring (bicyclic) bond motifs is 1. The molecule has 1 atom stereocenters. The van der Waals surface area contributed by atoms with Gasteiger partial charge in [-0.05, 0) is 43.8 Å². The highest BCUT2D eigenvalue weighted by molar-refractivity contribution is 5.94. The van der Waals surface area contributed by atoms with Crippen molar-refractivity contribution in [2.75, 3.05) is 19.2 Å². The third-order valence-corrected chi connectivity index (χ3v) is 4.12. The number of hydrogen-bond donors (Lipinski definition) is 1. The maximum absolute atomic E-state index is 13.7. The Morgan fingerprint density at radius 1 is 1.20 bits per heavy atom. The van der Waals surface area contributed by atoms with E-state index in [2.05, 4.69) is 5.32 Å². The fourth-order valence-corrected chi connectivity index (χ4v) is 2.51. The van der Waals surface area contributed by atoms with E-state index in [-0.39, 0.29) is 6.79 Å². The van der Waals surface area contributed by atoms with Crippen molar-refractivity contribution in [3.05, 3.63) is 53.6 Å². The highest BCUT2D eigenvalue weighted by atomic mass is 19.1. The number of ether oxygens (including phenoxy) is 2. The first-order valence-electron chi connectivity index (χ1n) is 7.79. The lowest BCUT2D eigenvalue weighted by Crippen LogP contribution is -2.39. The van der Waals surface area contributed by atoms with Gasteiger partial charge in [-0.1, -0.05) is 12.1 Å². The van der Waals surface area contributed by atoms with E-state index in [1.807, 2.05) is 18.2 Å². The Hall–Kier alpha value is -2.67. The standard InChI is InChI=1S/C18H18F2N2O3/c1-11(18(23)21-17-13(19)4-3-5-14(17)20)22(2)9-12-6-7-15-16(8-12)25-10-24-15/h3-8,11H,9-10H2,1-2H3,(H,21,23). The van der Waals surface area contributed by atoms with E-state index in [1.165, 1.54) is 6.07 Å². The molecule has 5 nitrogen and oxygen atoms in total. The lowest BCUT2D eigenvalue weighted by molar-refractivity contribution is -0.120. The molecule has 1 N–H and O–H groups in total. The number of amides is 1. The van der Waals surface area contributed by atoms with Crippen LogP contribution in [-0.2, 0) is 11.3 Å². The van der Waals surface area contributed by atoms with Crippen LogP contribution in [0.15, 0.2) is 36.4 Å². The minimum Gasteiger partial charge on any atom is -0.454 e. The molecule has 1 unspecified atom stereocenters. The zero-order chi connectivity index (χ0) is 18.0. The molecular formula is C18H18F2N2O3. The number of nitrogens with one attached hydrogen (secondary N) is 1. The Morgan fingerprint density at radius 3 is 2.60 bits per heavy atom. The van der Waals surface area contributed by atoms with Gasteiger partial charge in [-0.3, -0.25) is 9.69 Å². The van der Waals surface area contributed by atoms with Crippen molar-refractivity contribution >= 4 is 11.6 Å². The van der Waals surface area contributed by atoms with Gasteiger partial charge >= 0.3 is 0 Å². The van der Waals surface area contributed by atoms with Gasteiger partial charge in [0.25, 0.3) is 0 Å². The molecule has 0 aliphatic carbocycles. The Bertz CT molecular complexity index is 778. The molecule has 0 saturated heterocycles. The summed E-state index contributed by atoms with van der Waals surface area (Å²) in [6, 6.07) is 8.38. The minimum atomic E-state index is -0.807. The van der Waals surface area contributed by atoms with Crippen molar-refractivity contribution in [2.45, 2.75) is 19.5 Å². The summed E-state index contributed by atoms with van der Waals surface area (Å²) in [7, 11) is 1.76. The van der Waals surface area contributed by atoms with Gasteiger partial charge in [0.1, 0.15) is 17.3 Å². The number of rotatable bonds is 5. The fourth-order valence-electron chi connectivity index (χ4n) is 2.51. The highest BCUT2D eigenvalue weighted by Crippen LogP contribution is 2.32. The van der Waals surface area contributed by atoms with Gasteiger partial charge in [0.2, 0.25) is 12.7 Å². The van der Waals surface area contributed by atoms with E-state index in [4.69, 9.17) is 9.47 Å². The summed E-state index contributed by atoms with van der Waals surface area (Å²) in [6.45, 7) is 2.33. The number of carbonyl (C=O) groups is 1. The molecule has 0 spiro atoms. The molecule has 2 aromatic carbocycles. The van der Waals surface area contributed by atoms with E-state index in [1.54, 1.807) is 18.9 Å². The zero-order valence-electron chi connectivity index (χ0n) is 13.9. The third kappa shape index (κ3) is 3.71. The molecule has 2 aromatic rings. The van der Waals surface area contributed by atoms with Crippen LogP contribution in [0.3, 0.4) is 0 Å². The summed E-state index contributed by atoms with van der Waals surface area (Å²) in [5.74, 6) is -0.756. The Labute approximate surface area is 144 Å². The molecule has 132 valence electrons. The molecule has 7 heteroatoms. The van der Waals surface area contributed by atoms with Crippen LogP contribution in [0.2, 0.25) is 0 Å². The van der Waals surface area contributed by atoms with Crippen LogP contribution in [0.4, 0.5) is 14.5 Å². The van der Waals surface area contributed by atoms with Gasteiger partial charge < -0.3 is 14.8 Å². The Morgan fingerprint density at radius 2 is 1.88 bits per heavy atom. The summed E-state index contributed by atoms with van der Waals surface area (Å²) < 4.78 is 37.9.